The summed E-state index contributed by atoms with van der Waals surface area (Å²) in [4.78, 5) is 10.6. The molecule has 2 saturated heterocycles. The highest BCUT2D eigenvalue weighted by Gasteiger charge is 2.46. The molecule has 0 bridgehead atoms. The largest absolute Gasteiger partial charge is 0.383 e. The van der Waals surface area contributed by atoms with Gasteiger partial charge in [-0.3, -0.25) is 0 Å². The summed E-state index contributed by atoms with van der Waals surface area (Å²) in [6.45, 7) is 3.00. The monoisotopic (exact) mass is 326 g/mol. The van der Waals surface area contributed by atoms with Crippen molar-refractivity contribution < 1.29 is 13.2 Å². The van der Waals surface area contributed by atoms with Crippen molar-refractivity contribution in [2.75, 3.05) is 44.8 Å². The molecule has 2 atom stereocenters. The van der Waals surface area contributed by atoms with Crippen LogP contribution in [0.3, 0.4) is 0 Å². The molecule has 3 rings (SSSR count). The Labute approximate surface area is 131 Å². The number of nitrogens with zero attached hydrogens (tertiary/aromatic N) is 4. The number of aromatic nitrogens is 2. The van der Waals surface area contributed by atoms with Crippen LogP contribution in [0, 0.1) is 5.92 Å². The first kappa shape index (κ1) is 15.6. The molecule has 7 nitrogen and oxygen atoms in total. The first-order valence-corrected chi connectivity index (χ1v) is 9.13. The van der Waals surface area contributed by atoms with Gasteiger partial charge in [-0.1, -0.05) is 0 Å². The van der Waals surface area contributed by atoms with Crippen molar-refractivity contribution in [3.8, 4) is 0 Å². The van der Waals surface area contributed by atoms with E-state index in [2.05, 4.69) is 14.9 Å². The van der Waals surface area contributed by atoms with E-state index in [4.69, 9.17) is 4.74 Å². The van der Waals surface area contributed by atoms with Crippen LogP contribution in [-0.4, -0.2) is 67.8 Å². The van der Waals surface area contributed by atoms with Gasteiger partial charge in [0, 0.05) is 45.7 Å². The van der Waals surface area contributed by atoms with E-state index in [0.29, 0.717) is 38.6 Å². The first-order valence-electron chi connectivity index (χ1n) is 7.63. The van der Waals surface area contributed by atoms with E-state index in [1.165, 1.54) is 0 Å². The fraction of sp³-hybridized carbons (Fsp3) is 0.714. The lowest BCUT2D eigenvalue weighted by Gasteiger charge is -2.21. The number of methoxy groups -OCH3 is 1. The van der Waals surface area contributed by atoms with E-state index in [1.54, 1.807) is 29.9 Å². The van der Waals surface area contributed by atoms with Gasteiger partial charge in [0.2, 0.25) is 16.0 Å². The number of fused-ring (bicyclic) bond motifs is 1. The average molecular weight is 326 g/mol. The third-order valence-corrected chi connectivity index (χ3v) is 6.98. The number of hydrogen-bond acceptors (Lipinski definition) is 6. The Morgan fingerprint density at radius 2 is 2.00 bits per heavy atom. The minimum absolute atomic E-state index is 0.190. The van der Waals surface area contributed by atoms with Crippen LogP contribution >= 0.6 is 0 Å². The third kappa shape index (κ3) is 2.95. The Balaban J connectivity index is 1.71. The molecule has 0 unspecified atom stereocenters. The van der Waals surface area contributed by atoms with Crippen molar-refractivity contribution in [3.05, 3.63) is 18.5 Å². The van der Waals surface area contributed by atoms with E-state index in [-0.39, 0.29) is 11.2 Å². The van der Waals surface area contributed by atoms with Crippen molar-refractivity contribution in [3.63, 3.8) is 0 Å². The highest BCUT2D eigenvalue weighted by molar-refractivity contribution is 7.90. The van der Waals surface area contributed by atoms with E-state index in [1.807, 2.05) is 0 Å². The number of anilines is 1. The van der Waals surface area contributed by atoms with Gasteiger partial charge in [-0.2, -0.15) is 4.31 Å². The maximum absolute atomic E-state index is 12.6. The smallest absolute Gasteiger partial charge is 0.225 e. The number of ether oxygens (including phenoxy) is 1. The Morgan fingerprint density at radius 1 is 1.27 bits per heavy atom. The molecule has 0 N–H and O–H groups in total. The number of rotatable bonds is 4. The van der Waals surface area contributed by atoms with Crippen LogP contribution in [-0.2, 0) is 14.8 Å². The van der Waals surface area contributed by atoms with Crippen LogP contribution in [0.2, 0.25) is 0 Å². The summed E-state index contributed by atoms with van der Waals surface area (Å²) >= 11 is 0. The van der Waals surface area contributed by atoms with E-state index in [9.17, 15) is 8.42 Å². The van der Waals surface area contributed by atoms with Gasteiger partial charge in [0.25, 0.3) is 0 Å². The molecule has 2 fully saturated rings. The second-order valence-electron chi connectivity index (χ2n) is 5.81. The quantitative estimate of drug-likeness (QED) is 0.795. The third-order valence-electron chi connectivity index (χ3n) is 4.54. The molecular formula is C14H22N4O3S. The van der Waals surface area contributed by atoms with Gasteiger partial charge >= 0.3 is 0 Å². The molecule has 2 aliphatic rings. The summed E-state index contributed by atoms with van der Waals surface area (Å²) in [5.41, 5.74) is 0. The maximum Gasteiger partial charge on any atom is 0.225 e. The Morgan fingerprint density at radius 3 is 2.73 bits per heavy atom. The molecule has 1 aromatic heterocycles. The molecule has 122 valence electrons. The molecule has 0 radical (unpaired) electrons. The second-order valence-corrected chi connectivity index (χ2v) is 7.96. The predicted octanol–water partition coefficient (Wildman–Crippen LogP) is 0.353. The van der Waals surface area contributed by atoms with Crippen molar-refractivity contribution >= 4 is 16.0 Å². The van der Waals surface area contributed by atoms with Gasteiger partial charge < -0.3 is 9.64 Å². The summed E-state index contributed by atoms with van der Waals surface area (Å²) in [6, 6.07) is 1.79. The van der Waals surface area contributed by atoms with Crippen molar-refractivity contribution in [2.45, 2.75) is 18.1 Å². The normalized spacial score (nSPS) is 28.3. The molecule has 0 saturated carbocycles. The fourth-order valence-electron chi connectivity index (χ4n) is 3.36. The summed E-state index contributed by atoms with van der Waals surface area (Å²) in [5.74, 6) is 0.881. The molecule has 0 aromatic carbocycles. The maximum atomic E-state index is 12.6. The van der Waals surface area contributed by atoms with Crippen LogP contribution in [0.1, 0.15) is 12.8 Å². The Kier molecular flexibility index (Phi) is 4.60. The van der Waals surface area contributed by atoms with Gasteiger partial charge in [-0.25, -0.2) is 18.4 Å². The lowest BCUT2D eigenvalue weighted by atomic mass is 10.0. The highest BCUT2D eigenvalue weighted by Crippen LogP contribution is 2.34. The average Bonchev–Trinajstić information content (AvgIpc) is 2.68. The highest BCUT2D eigenvalue weighted by atomic mass is 32.2. The van der Waals surface area contributed by atoms with Crippen LogP contribution in [0.15, 0.2) is 18.5 Å². The van der Waals surface area contributed by atoms with E-state index in [0.717, 1.165) is 13.0 Å². The molecule has 8 heteroatoms. The molecule has 1 aromatic rings. The molecule has 0 amide bonds. The van der Waals surface area contributed by atoms with E-state index < -0.39 is 10.0 Å². The molecule has 3 heterocycles. The zero-order chi connectivity index (χ0) is 15.6. The van der Waals surface area contributed by atoms with Crippen LogP contribution in [0.4, 0.5) is 5.95 Å². The summed E-state index contributed by atoms with van der Waals surface area (Å²) in [6.07, 6.45) is 4.93. The molecule has 2 aliphatic heterocycles. The van der Waals surface area contributed by atoms with Crippen molar-refractivity contribution in [2.24, 2.45) is 5.92 Å². The Bertz CT molecular complexity index is 595. The number of hydrogen-bond donors (Lipinski definition) is 0. The summed E-state index contributed by atoms with van der Waals surface area (Å²) in [7, 11) is -1.61. The minimum atomic E-state index is -3.20. The SMILES string of the molecule is COCCN1C[C@H]2CCN(c3ncccn3)CC[C@H]2S1(=O)=O. The van der Waals surface area contributed by atoms with Gasteiger partial charge in [0.05, 0.1) is 11.9 Å². The lowest BCUT2D eigenvalue weighted by molar-refractivity contribution is 0.178. The summed E-state index contributed by atoms with van der Waals surface area (Å²) in [5, 5.41) is -0.280. The van der Waals surface area contributed by atoms with Crippen molar-refractivity contribution in [1.82, 2.24) is 14.3 Å². The van der Waals surface area contributed by atoms with Crippen LogP contribution < -0.4 is 4.90 Å². The van der Waals surface area contributed by atoms with Gasteiger partial charge in [0.1, 0.15) is 0 Å². The van der Waals surface area contributed by atoms with Gasteiger partial charge in [-0.05, 0) is 24.8 Å². The van der Waals surface area contributed by atoms with Crippen LogP contribution in [0.25, 0.3) is 0 Å². The first-order chi connectivity index (χ1) is 10.6. The zero-order valence-corrected chi connectivity index (χ0v) is 13.6. The van der Waals surface area contributed by atoms with Crippen LogP contribution in [0.5, 0.6) is 0 Å². The standard InChI is InChI=1S/C14H22N4O3S/c1-21-10-9-18-11-12-3-7-17(14-15-5-2-6-16-14)8-4-13(12)22(18,19)20/h2,5-6,12-13H,3-4,7-11H2,1H3/t12-,13-/m1/s1. The fourth-order valence-corrected chi connectivity index (χ4v) is 5.59. The molecular weight excluding hydrogens is 304 g/mol. The van der Waals surface area contributed by atoms with Gasteiger partial charge in [0.15, 0.2) is 0 Å². The predicted molar refractivity (Wildman–Crippen MR) is 83.1 cm³/mol. The van der Waals surface area contributed by atoms with Gasteiger partial charge in [-0.15, -0.1) is 0 Å². The molecule has 22 heavy (non-hydrogen) atoms. The molecule has 0 aliphatic carbocycles. The lowest BCUT2D eigenvalue weighted by Crippen LogP contribution is -2.34. The molecule has 0 spiro atoms. The van der Waals surface area contributed by atoms with Crippen molar-refractivity contribution in [1.29, 1.82) is 0 Å². The zero-order valence-electron chi connectivity index (χ0n) is 12.8. The van der Waals surface area contributed by atoms with E-state index >= 15 is 0 Å². The topological polar surface area (TPSA) is 75.6 Å². The summed E-state index contributed by atoms with van der Waals surface area (Å²) < 4.78 is 31.9. The Hall–Kier alpha value is -1.25. The minimum Gasteiger partial charge on any atom is -0.383 e. The number of sulfonamides is 1. The second kappa shape index (κ2) is 6.47.